The molecule has 0 heterocycles. The largest absolute Gasteiger partial charge is 0.457 e. The molecule has 0 atom stereocenters. The van der Waals surface area contributed by atoms with E-state index in [0.29, 0.717) is 12.2 Å². The van der Waals surface area contributed by atoms with Gasteiger partial charge in [-0.25, -0.2) is 4.79 Å². The third-order valence-electron chi connectivity index (χ3n) is 4.08. The van der Waals surface area contributed by atoms with Crippen molar-refractivity contribution in [2.24, 2.45) is 0 Å². The molecule has 0 aromatic heterocycles. The van der Waals surface area contributed by atoms with Crippen molar-refractivity contribution in [1.82, 2.24) is 0 Å². The van der Waals surface area contributed by atoms with E-state index in [-0.39, 0.29) is 27.2 Å². The van der Waals surface area contributed by atoms with Gasteiger partial charge in [-0.15, -0.1) is 0 Å². The number of hydrogen-bond acceptors (Lipinski definition) is 2. The molecular weight excluding hydrogens is 435 g/mol. The van der Waals surface area contributed by atoms with E-state index in [9.17, 15) is 4.79 Å². The predicted molar refractivity (Wildman–Crippen MR) is 100 cm³/mol. The van der Waals surface area contributed by atoms with Crippen LogP contribution >= 0.6 is 0 Å². The van der Waals surface area contributed by atoms with Crippen LogP contribution in [0.2, 0.25) is 0 Å². The lowest BCUT2D eigenvalue weighted by molar-refractivity contribution is -0.598. The minimum atomic E-state index is -0.277. The van der Waals surface area contributed by atoms with Crippen molar-refractivity contribution in [3.05, 3.63) is 102 Å². The van der Waals surface area contributed by atoms with Gasteiger partial charge >= 0.3 is 27.2 Å². The predicted octanol–water partition coefficient (Wildman–Crippen LogP) is 2.10. The molecule has 0 saturated carbocycles. The number of ether oxygens (including phenoxy) is 1. The van der Waals surface area contributed by atoms with Gasteiger partial charge < -0.3 is 4.74 Å². The van der Waals surface area contributed by atoms with Gasteiger partial charge in [0.1, 0.15) is 6.61 Å². The summed E-state index contributed by atoms with van der Waals surface area (Å²) < 4.78 is 8.16. The number of aryl methyl sites for hydroxylation is 3. The van der Waals surface area contributed by atoms with Crippen molar-refractivity contribution >= 4 is 5.97 Å². The zero-order valence-electron chi connectivity index (χ0n) is 15.3. The van der Waals surface area contributed by atoms with Crippen LogP contribution < -0.4 is 21.2 Å². The summed E-state index contributed by atoms with van der Waals surface area (Å²) in [5.41, 5.74) is 5.63. The first kappa shape index (κ1) is 18.6. The molecule has 3 aromatic carbocycles. The number of benzene rings is 3. The van der Waals surface area contributed by atoms with Crippen LogP contribution in [-0.2, 0) is 11.3 Å². The fourth-order valence-electron chi connectivity index (χ4n) is 2.88. The van der Waals surface area contributed by atoms with E-state index in [0.717, 1.165) is 5.56 Å². The van der Waals surface area contributed by atoms with Crippen LogP contribution in [0.15, 0.2) is 66.7 Å². The quantitative estimate of drug-likeness (QED) is 0.434. The van der Waals surface area contributed by atoms with Crippen molar-refractivity contribution in [3.63, 3.8) is 0 Å². The number of rotatable bonds is 5. The summed E-state index contributed by atoms with van der Waals surface area (Å²) in [5.74, 6) is -0.277. The molecule has 0 unspecified atom stereocenters. The minimum Gasteiger partial charge on any atom is -0.457 e. The van der Waals surface area contributed by atoms with Crippen molar-refractivity contribution in [1.29, 1.82) is 0 Å². The SMILES string of the molecule is Cc1cc(C)c([I+]c2ccc(C(=O)OCc3ccccc3)cc2)c(C)c1. The second kappa shape index (κ2) is 8.49. The van der Waals surface area contributed by atoms with Crippen molar-refractivity contribution < 1.29 is 30.7 Å². The number of hydrogen-bond donors (Lipinski definition) is 0. The lowest BCUT2D eigenvalue weighted by atomic mass is 10.1. The summed E-state index contributed by atoms with van der Waals surface area (Å²) in [5, 5.41) is 0. The Hall–Kier alpha value is -2.14. The maximum atomic E-state index is 12.2. The van der Waals surface area contributed by atoms with Crippen LogP contribution in [0.3, 0.4) is 0 Å². The lowest BCUT2D eigenvalue weighted by Gasteiger charge is -2.04. The molecule has 0 N–H and O–H groups in total. The first-order valence-corrected chi connectivity index (χ1v) is 10.7. The Morgan fingerprint density at radius 1 is 0.885 bits per heavy atom. The second-order valence-electron chi connectivity index (χ2n) is 6.38. The van der Waals surface area contributed by atoms with E-state index in [1.807, 2.05) is 42.5 Å². The second-order valence-corrected chi connectivity index (χ2v) is 9.24. The van der Waals surface area contributed by atoms with Crippen LogP contribution in [0.1, 0.15) is 32.6 Å². The molecule has 26 heavy (non-hydrogen) atoms. The summed E-state index contributed by atoms with van der Waals surface area (Å²) in [6, 6.07) is 22.1. The van der Waals surface area contributed by atoms with Gasteiger partial charge in [0.05, 0.1) is 5.56 Å². The Bertz CT molecular complexity index is 876. The van der Waals surface area contributed by atoms with Crippen LogP contribution in [0.25, 0.3) is 0 Å². The fraction of sp³-hybridized carbons (Fsp3) is 0.174. The molecule has 0 aliphatic heterocycles. The van der Waals surface area contributed by atoms with Gasteiger partial charge in [0.25, 0.3) is 0 Å². The van der Waals surface area contributed by atoms with E-state index in [4.69, 9.17) is 4.74 Å². The van der Waals surface area contributed by atoms with Gasteiger partial charge in [-0.1, -0.05) is 48.0 Å². The molecule has 0 amide bonds. The average molecular weight is 457 g/mol. The molecule has 132 valence electrons. The Labute approximate surface area is 165 Å². The Morgan fingerprint density at radius 2 is 1.50 bits per heavy atom. The van der Waals surface area contributed by atoms with Gasteiger partial charge in [0.2, 0.25) is 0 Å². The normalized spacial score (nSPS) is 10.6. The molecule has 0 spiro atoms. The first-order chi connectivity index (χ1) is 12.5. The molecular formula is C23H22IO2+. The van der Waals surface area contributed by atoms with Crippen molar-refractivity contribution in [2.75, 3.05) is 0 Å². The summed E-state index contributed by atoms with van der Waals surface area (Å²) in [7, 11) is 0. The highest BCUT2D eigenvalue weighted by Crippen LogP contribution is 2.08. The molecule has 0 saturated heterocycles. The van der Waals surface area contributed by atoms with Crippen LogP contribution in [-0.4, -0.2) is 5.97 Å². The van der Waals surface area contributed by atoms with Crippen molar-refractivity contribution in [3.8, 4) is 0 Å². The van der Waals surface area contributed by atoms with E-state index >= 15 is 0 Å². The van der Waals surface area contributed by atoms with E-state index in [1.54, 1.807) is 0 Å². The van der Waals surface area contributed by atoms with Gasteiger partial charge in [-0.2, -0.15) is 0 Å². The molecule has 0 fully saturated rings. The smallest absolute Gasteiger partial charge is 0.358 e. The van der Waals surface area contributed by atoms with Gasteiger partial charge in [0, 0.05) is 11.1 Å². The molecule has 3 rings (SSSR count). The van der Waals surface area contributed by atoms with E-state index in [2.05, 4.69) is 45.0 Å². The zero-order chi connectivity index (χ0) is 18.5. The highest BCUT2D eigenvalue weighted by molar-refractivity contribution is 5.89. The summed E-state index contributed by atoms with van der Waals surface area (Å²) in [4.78, 5) is 12.2. The highest BCUT2D eigenvalue weighted by Gasteiger charge is 2.21. The van der Waals surface area contributed by atoms with Crippen LogP contribution in [0, 0.1) is 27.9 Å². The Morgan fingerprint density at radius 3 is 2.12 bits per heavy atom. The van der Waals surface area contributed by atoms with E-state index < -0.39 is 0 Å². The lowest BCUT2D eigenvalue weighted by Crippen LogP contribution is -3.62. The third-order valence-corrected chi connectivity index (χ3v) is 7.66. The summed E-state index contributed by atoms with van der Waals surface area (Å²) in [6.45, 7) is 6.81. The number of carbonyl (C=O) groups is 1. The number of halogens is 1. The fourth-order valence-corrected chi connectivity index (χ4v) is 5.38. The Kier molecular flexibility index (Phi) is 6.09. The summed E-state index contributed by atoms with van der Waals surface area (Å²) in [6.07, 6.45) is 0. The standard InChI is InChI=1S/C23H22IO2/c1-16-13-17(2)22(18(3)14-16)24-21-11-9-20(10-12-21)23(25)26-15-19-7-5-4-6-8-19/h4-14H,15H2,1-3H3/q+1. The zero-order valence-corrected chi connectivity index (χ0v) is 17.4. The average Bonchev–Trinajstić information content (AvgIpc) is 2.64. The third kappa shape index (κ3) is 4.73. The van der Waals surface area contributed by atoms with Crippen molar-refractivity contribution in [2.45, 2.75) is 27.4 Å². The number of carbonyl (C=O) groups excluding carboxylic acids is 1. The molecule has 0 aliphatic rings. The monoisotopic (exact) mass is 457 g/mol. The minimum absolute atomic E-state index is 0.257. The van der Waals surface area contributed by atoms with Crippen LogP contribution in [0.5, 0.6) is 0 Å². The molecule has 3 heteroatoms. The van der Waals surface area contributed by atoms with E-state index in [1.165, 1.54) is 23.8 Å². The van der Waals surface area contributed by atoms with Gasteiger partial charge in [0.15, 0.2) is 7.14 Å². The Balaban J connectivity index is 1.66. The molecule has 0 bridgehead atoms. The molecule has 0 aliphatic carbocycles. The topological polar surface area (TPSA) is 26.3 Å². The van der Waals surface area contributed by atoms with Gasteiger partial charge in [-0.05, 0) is 50.6 Å². The summed E-state index contributed by atoms with van der Waals surface area (Å²) >= 11 is -0.257. The first-order valence-electron chi connectivity index (χ1n) is 8.57. The maximum absolute atomic E-state index is 12.2. The highest BCUT2D eigenvalue weighted by atomic mass is 127. The molecule has 0 radical (unpaired) electrons. The molecule has 2 nitrogen and oxygen atoms in total. The maximum Gasteiger partial charge on any atom is 0.358 e. The van der Waals surface area contributed by atoms with Crippen LogP contribution in [0.4, 0.5) is 0 Å². The molecule has 3 aromatic rings. The number of esters is 1. The van der Waals surface area contributed by atoms with Gasteiger partial charge in [-0.3, -0.25) is 0 Å².